The molecule has 0 aliphatic carbocycles. The van der Waals surface area contributed by atoms with Crippen molar-refractivity contribution in [3.05, 3.63) is 29.6 Å². The van der Waals surface area contributed by atoms with Gasteiger partial charge in [-0.2, -0.15) is 13.2 Å². The third-order valence-corrected chi connectivity index (χ3v) is 1.94. The van der Waals surface area contributed by atoms with E-state index in [1.54, 1.807) is 6.92 Å². The van der Waals surface area contributed by atoms with Crippen molar-refractivity contribution in [1.82, 2.24) is 4.98 Å². The summed E-state index contributed by atoms with van der Waals surface area (Å²) in [4.78, 5) is 15.2. The van der Waals surface area contributed by atoms with Crippen LogP contribution in [0.15, 0.2) is 18.3 Å². The summed E-state index contributed by atoms with van der Waals surface area (Å²) in [5, 5.41) is 0. The predicted molar refractivity (Wildman–Crippen MR) is 48.6 cm³/mol. The van der Waals surface area contributed by atoms with Gasteiger partial charge in [-0.1, -0.05) is 0 Å². The average molecular weight is 217 g/mol. The Morgan fingerprint density at radius 2 is 2.13 bits per heavy atom. The highest BCUT2D eigenvalue weighted by atomic mass is 19.4. The van der Waals surface area contributed by atoms with Gasteiger partial charge in [0.1, 0.15) is 0 Å². The van der Waals surface area contributed by atoms with Crippen molar-refractivity contribution in [2.24, 2.45) is 0 Å². The van der Waals surface area contributed by atoms with Crippen LogP contribution in [0.5, 0.6) is 0 Å². The van der Waals surface area contributed by atoms with Crippen LogP contribution in [0, 0.1) is 6.92 Å². The lowest BCUT2D eigenvalue weighted by Gasteiger charge is -2.06. The zero-order valence-corrected chi connectivity index (χ0v) is 8.14. The van der Waals surface area contributed by atoms with Gasteiger partial charge >= 0.3 is 6.18 Å². The minimum atomic E-state index is -4.29. The first-order valence-corrected chi connectivity index (χ1v) is 4.42. The maximum Gasteiger partial charge on any atom is 0.389 e. The van der Waals surface area contributed by atoms with Crippen LogP contribution in [0.3, 0.4) is 0 Å². The van der Waals surface area contributed by atoms with E-state index in [-0.39, 0.29) is 5.56 Å². The molecule has 1 aromatic heterocycles. The maximum absolute atomic E-state index is 11.9. The van der Waals surface area contributed by atoms with E-state index in [0.29, 0.717) is 5.69 Å². The van der Waals surface area contributed by atoms with E-state index >= 15 is 0 Å². The summed E-state index contributed by atoms with van der Waals surface area (Å²) >= 11 is 0. The molecule has 1 heterocycles. The third kappa shape index (κ3) is 3.69. The van der Waals surface area contributed by atoms with Crippen LogP contribution < -0.4 is 0 Å². The number of hydrogen-bond acceptors (Lipinski definition) is 2. The van der Waals surface area contributed by atoms with Gasteiger partial charge in [0.25, 0.3) is 0 Å². The molecule has 0 spiro atoms. The molecule has 1 aromatic rings. The van der Waals surface area contributed by atoms with Crippen LogP contribution in [0.1, 0.15) is 28.9 Å². The van der Waals surface area contributed by atoms with Crippen molar-refractivity contribution < 1.29 is 18.0 Å². The molecule has 5 heteroatoms. The van der Waals surface area contributed by atoms with E-state index in [0.717, 1.165) is 0 Å². The lowest BCUT2D eigenvalue weighted by molar-refractivity contribution is -0.133. The summed E-state index contributed by atoms with van der Waals surface area (Å²) < 4.78 is 35.6. The first-order valence-electron chi connectivity index (χ1n) is 4.42. The second kappa shape index (κ2) is 4.42. The van der Waals surface area contributed by atoms with Crippen LogP contribution in [0.4, 0.5) is 13.2 Å². The predicted octanol–water partition coefficient (Wildman–Crippen LogP) is 2.92. The number of aryl methyl sites for hydroxylation is 1. The standard InChI is InChI=1S/C10H10F3NO/c1-7-8(3-2-6-14-7)9(15)4-5-10(11,12)13/h2-3,6H,4-5H2,1H3. The van der Waals surface area contributed by atoms with Crippen LogP contribution >= 0.6 is 0 Å². The fourth-order valence-corrected chi connectivity index (χ4v) is 1.17. The van der Waals surface area contributed by atoms with Crippen molar-refractivity contribution >= 4 is 5.78 Å². The summed E-state index contributed by atoms with van der Waals surface area (Å²) in [5.41, 5.74) is 0.728. The van der Waals surface area contributed by atoms with Crippen molar-refractivity contribution in [3.8, 4) is 0 Å². The minimum absolute atomic E-state index is 0.266. The van der Waals surface area contributed by atoms with Gasteiger partial charge in [0.15, 0.2) is 5.78 Å². The van der Waals surface area contributed by atoms with Gasteiger partial charge < -0.3 is 0 Å². The SMILES string of the molecule is Cc1ncccc1C(=O)CCC(F)(F)F. The molecular formula is C10H10F3NO. The summed E-state index contributed by atoms with van der Waals surface area (Å²) in [6, 6.07) is 3.02. The Balaban J connectivity index is 2.66. The Morgan fingerprint density at radius 1 is 1.47 bits per heavy atom. The Labute approximate surface area is 85.1 Å². The number of ketones is 1. The normalized spacial score (nSPS) is 11.5. The molecule has 2 nitrogen and oxygen atoms in total. The molecule has 0 saturated heterocycles. The molecule has 0 saturated carbocycles. The number of carbonyl (C=O) groups is 1. The largest absolute Gasteiger partial charge is 0.389 e. The van der Waals surface area contributed by atoms with E-state index in [2.05, 4.69) is 4.98 Å². The van der Waals surface area contributed by atoms with E-state index in [1.807, 2.05) is 0 Å². The Kier molecular flexibility index (Phi) is 3.44. The molecule has 0 bridgehead atoms. The molecular weight excluding hydrogens is 207 g/mol. The fourth-order valence-electron chi connectivity index (χ4n) is 1.17. The Bertz CT molecular complexity index is 360. The van der Waals surface area contributed by atoms with Gasteiger partial charge in [0, 0.05) is 23.9 Å². The summed E-state index contributed by atoms with van der Waals surface area (Å²) in [6.07, 6.45) is -4.39. The molecule has 0 atom stereocenters. The zero-order chi connectivity index (χ0) is 11.5. The number of hydrogen-bond donors (Lipinski definition) is 0. The van der Waals surface area contributed by atoms with Crippen molar-refractivity contribution in [2.45, 2.75) is 25.9 Å². The lowest BCUT2D eigenvalue weighted by Crippen LogP contribution is -2.11. The Morgan fingerprint density at radius 3 is 2.67 bits per heavy atom. The second-order valence-corrected chi connectivity index (χ2v) is 3.17. The van der Waals surface area contributed by atoms with Crippen molar-refractivity contribution in [1.29, 1.82) is 0 Å². The zero-order valence-electron chi connectivity index (χ0n) is 8.14. The number of Topliss-reactive ketones (excluding diaryl/α,β-unsaturated/α-hetero) is 1. The number of rotatable bonds is 3. The number of aromatic nitrogens is 1. The second-order valence-electron chi connectivity index (χ2n) is 3.17. The van der Waals surface area contributed by atoms with Gasteiger partial charge in [-0.15, -0.1) is 0 Å². The van der Waals surface area contributed by atoms with Gasteiger partial charge in [-0.05, 0) is 19.1 Å². The quantitative estimate of drug-likeness (QED) is 0.728. The molecule has 0 amide bonds. The van der Waals surface area contributed by atoms with Gasteiger partial charge in [0.2, 0.25) is 0 Å². The number of halogens is 3. The molecule has 82 valence electrons. The molecule has 0 unspecified atom stereocenters. The van der Waals surface area contributed by atoms with E-state index in [4.69, 9.17) is 0 Å². The number of carbonyl (C=O) groups excluding carboxylic acids is 1. The molecule has 0 aromatic carbocycles. The smallest absolute Gasteiger partial charge is 0.294 e. The van der Waals surface area contributed by atoms with Gasteiger partial charge in [-0.25, -0.2) is 0 Å². The van der Waals surface area contributed by atoms with Crippen molar-refractivity contribution in [2.75, 3.05) is 0 Å². The average Bonchev–Trinajstić information content (AvgIpc) is 2.14. The highest BCUT2D eigenvalue weighted by molar-refractivity contribution is 5.96. The third-order valence-electron chi connectivity index (χ3n) is 1.94. The van der Waals surface area contributed by atoms with E-state index < -0.39 is 24.8 Å². The fraction of sp³-hybridized carbons (Fsp3) is 0.400. The highest BCUT2D eigenvalue weighted by Gasteiger charge is 2.28. The number of pyridine rings is 1. The molecule has 0 N–H and O–H groups in total. The maximum atomic E-state index is 11.9. The van der Waals surface area contributed by atoms with Gasteiger partial charge in [-0.3, -0.25) is 9.78 Å². The molecule has 15 heavy (non-hydrogen) atoms. The number of nitrogens with zero attached hydrogens (tertiary/aromatic N) is 1. The summed E-state index contributed by atoms with van der Waals surface area (Å²) in [7, 11) is 0. The van der Waals surface area contributed by atoms with Crippen LogP contribution in [0.2, 0.25) is 0 Å². The monoisotopic (exact) mass is 217 g/mol. The first kappa shape index (κ1) is 11.7. The van der Waals surface area contributed by atoms with Crippen LogP contribution in [-0.4, -0.2) is 16.9 Å². The number of alkyl halides is 3. The van der Waals surface area contributed by atoms with Crippen LogP contribution in [0.25, 0.3) is 0 Å². The van der Waals surface area contributed by atoms with Crippen molar-refractivity contribution in [3.63, 3.8) is 0 Å². The molecule has 0 aliphatic heterocycles. The summed E-state index contributed by atoms with van der Waals surface area (Å²) in [5.74, 6) is -0.516. The molecule has 0 aliphatic rings. The van der Waals surface area contributed by atoms with E-state index in [9.17, 15) is 18.0 Å². The minimum Gasteiger partial charge on any atom is -0.294 e. The summed E-state index contributed by atoms with van der Waals surface area (Å²) in [6.45, 7) is 1.60. The molecule has 1 rings (SSSR count). The Hall–Kier alpha value is -1.39. The topological polar surface area (TPSA) is 30.0 Å². The van der Waals surface area contributed by atoms with Crippen LogP contribution in [-0.2, 0) is 0 Å². The molecule has 0 radical (unpaired) electrons. The van der Waals surface area contributed by atoms with Gasteiger partial charge in [0.05, 0.1) is 6.42 Å². The highest BCUT2D eigenvalue weighted by Crippen LogP contribution is 2.22. The lowest BCUT2D eigenvalue weighted by atomic mass is 10.1. The molecule has 0 fully saturated rings. The van der Waals surface area contributed by atoms with E-state index in [1.165, 1.54) is 18.3 Å². The first-order chi connectivity index (χ1) is 6.90.